The molecule has 0 fully saturated rings. The number of hydrogen-bond acceptors (Lipinski definition) is 0. The molecule has 2 aliphatic carbocycles. The molecule has 0 bridgehead atoms. The second kappa shape index (κ2) is 16.0. The van der Waals surface area contributed by atoms with E-state index >= 15 is 0 Å². The summed E-state index contributed by atoms with van der Waals surface area (Å²) in [7, 11) is 0. The highest BCUT2D eigenvalue weighted by molar-refractivity contribution is 5.34. The second-order valence-electron chi connectivity index (χ2n) is 13.6. The van der Waals surface area contributed by atoms with Crippen molar-refractivity contribution < 1.29 is 0 Å². The third kappa shape index (κ3) is 11.5. The van der Waals surface area contributed by atoms with Crippen LogP contribution < -0.4 is 0 Å². The molecule has 0 radical (unpaired) electrons. The van der Waals surface area contributed by atoms with Crippen molar-refractivity contribution in [1.29, 1.82) is 0 Å². The van der Waals surface area contributed by atoms with E-state index in [4.69, 9.17) is 0 Å². The van der Waals surface area contributed by atoms with E-state index in [0.717, 1.165) is 31.3 Å². The Labute approximate surface area is 249 Å². The van der Waals surface area contributed by atoms with E-state index in [1.165, 1.54) is 49.7 Å². The fourth-order valence-corrected chi connectivity index (χ4v) is 6.01. The molecule has 0 aliphatic heterocycles. The molecule has 2 unspecified atom stereocenters. The summed E-state index contributed by atoms with van der Waals surface area (Å²) in [6.07, 6.45) is 20.3. The van der Waals surface area contributed by atoms with E-state index < -0.39 is 0 Å². The first-order valence-electron chi connectivity index (χ1n) is 15.7. The standard InChI is InChI=1S/C40H56/c1-31(19-13-21-33(3)25-27-37-35(5)23-15-29-39(37,7)8)17-11-12-18-32(2)20-14-22-34(4)26-28-38-36(6)24-16-30-40(38,9)10/h17,25-26,28,32,34H,11,15-16,20-21,23-24,27,29-30H2,1-10H3/b28-26+,31-17+,33-25+. The molecule has 0 nitrogen and oxygen atoms in total. The minimum absolute atomic E-state index is 0.265. The maximum absolute atomic E-state index is 3.41. The average molecular weight is 537 g/mol. The number of hydrogen-bond donors (Lipinski definition) is 0. The van der Waals surface area contributed by atoms with Crippen LogP contribution in [0.4, 0.5) is 0 Å². The topological polar surface area (TPSA) is 0 Å². The average Bonchev–Trinajstić information content (AvgIpc) is 2.85. The zero-order chi connectivity index (χ0) is 29.8. The molecule has 216 valence electrons. The van der Waals surface area contributed by atoms with Gasteiger partial charge in [-0.15, -0.1) is 5.92 Å². The molecule has 2 atom stereocenters. The third-order valence-corrected chi connectivity index (χ3v) is 8.68. The predicted octanol–water partition coefficient (Wildman–Crippen LogP) is 11.3. The molecule has 40 heavy (non-hydrogen) atoms. The Hall–Kier alpha value is -2.62. The van der Waals surface area contributed by atoms with Gasteiger partial charge in [-0.1, -0.05) is 111 Å². The molecular weight excluding hydrogens is 480 g/mol. The van der Waals surface area contributed by atoms with Crippen LogP contribution in [0.5, 0.6) is 0 Å². The Balaban J connectivity index is 1.78. The highest BCUT2D eigenvalue weighted by atomic mass is 14.3. The van der Waals surface area contributed by atoms with Crippen LogP contribution in [0.15, 0.2) is 57.7 Å². The Morgan fingerprint density at radius 1 is 0.850 bits per heavy atom. The molecule has 0 spiro atoms. The van der Waals surface area contributed by atoms with E-state index in [9.17, 15) is 0 Å². The summed E-state index contributed by atoms with van der Waals surface area (Å²) in [6.45, 7) is 22.8. The van der Waals surface area contributed by atoms with E-state index in [1.807, 2.05) is 0 Å². The molecule has 0 aromatic carbocycles. The van der Waals surface area contributed by atoms with Gasteiger partial charge in [0.15, 0.2) is 0 Å². The van der Waals surface area contributed by atoms with Gasteiger partial charge in [0.1, 0.15) is 0 Å². The van der Waals surface area contributed by atoms with E-state index in [1.54, 1.807) is 16.7 Å². The maximum atomic E-state index is 3.41. The molecular formula is C40H56. The lowest BCUT2D eigenvalue weighted by atomic mass is 9.71. The lowest BCUT2D eigenvalue weighted by molar-refractivity contribution is 0.360. The van der Waals surface area contributed by atoms with Crippen LogP contribution >= 0.6 is 0 Å². The molecule has 2 aliphatic rings. The molecule has 0 heterocycles. The van der Waals surface area contributed by atoms with Crippen molar-refractivity contribution in [2.45, 2.75) is 133 Å². The zero-order valence-electron chi connectivity index (χ0n) is 27.5. The largest absolute Gasteiger partial charge is 0.101 e. The van der Waals surface area contributed by atoms with E-state index in [2.05, 4.69) is 129 Å². The minimum atomic E-state index is 0.265. The number of allylic oxidation sites excluding steroid dienone is 10. The molecule has 0 aromatic rings. The first kappa shape index (κ1) is 33.6. The normalized spacial score (nSPS) is 20.6. The van der Waals surface area contributed by atoms with Crippen LogP contribution in [0.3, 0.4) is 0 Å². The second-order valence-corrected chi connectivity index (χ2v) is 13.6. The third-order valence-electron chi connectivity index (χ3n) is 8.68. The quantitative estimate of drug-likeness (QED) is 0.224. The van der Waals surface area contributed by atoms with Crippen LogP contribution in [-0.4, -0.2) is 0 Å². The van der Waals surface area contributed by atoms with E-state index in [-0.39, 0.29) is 17.3 Å². The highest BCUT2D eigenvalue weighted by Crippen LogP contribution is 2.42. The zero-order valence-corrected chi connectivity index (χ0v) is 27.5. The van der Waals surface area contributed by atoms with Gasteiger partial charge in [-0.3, -0.25) is 0 Å². The molecule has 0 aromatic heterocycles. The lowest BCUT2D eigenvalue weighted by Crippen LogP contribution is -2.20. The van der Waals surface area contributed by atoms with Crippen LogP contribution in [0, 0.1) is 58.2 Å². The summed E-state index contributed by atoms with van der Waals surface area (Å²) >= 11 is 0. The molecule has 0 saturated carbocycles. The monoisotopic (exact) mass is 536 g/mol. The van der Waals surface area contributed by atoms with Crippen LogP contribution in [0.25, 0.3) is 0 Å². The van der Waals surface area contributed by atoms with Crippen LogP contribution in [-0.2, 0) is 0 Å². The first-order valence-corrected chi connectivity index (χ1v) is 15.7. The van der Waals surface area contributed by atoms with Gasteiger partial charge in [0.2, 0.25) is 0 Å². The molecule has 0 heteroatoms. The SMILES string of the molecule is CC1=C(/C=C/C(C)C#CCC(C)C#CC/C=C(\C)C#CC/C(C)=C/CC2=C(C)CCCC2(C)C)C(C)(C)CCC1. The van der Waals surface area contributed by atoms with Gasteiger partial charge in [0, 0.05) is 31.1 Å². The lowest BCUT2D eigenvalue weighted by Gasteiger charge is -2.34. The molecule has 2 rings (SSSR count). The molecule has 0 N–H and O–H groups in total. The van der Waals surface area contributed by atoms with Crippen molar-refractivity contribution in [2.75, 3.05) is 0 Å². The van der Waals surface area contributed by atoms with Crippen molar-refractivity contribution in [1.82, 2.24) is 0 Å². The summed E-state index contributed by atoms with van der Waals surface area (Å²) in [4.78, 5) is 0. The van der Waals surface area contributed by atoms with E-state index in [0.29, 0.717) is 5.41 Å². The van der Waals surface area contributed by atoms with Crippen molar-refractivity contribution >= 4 is 0 Å². The summed E-state index contributed by atoms with van der Waals surface area (Å²) in [5.74, 6) is 20.7. The van der Waals surface area contributed by atoms with Gasteiger partial charge in [-0.25, -0.2) is 0 Å². The molecule has 0 amide bonds. The summed E-state index contributed by atoms with van der Waals surface area (Å²) in [5.41, 5.74) is 9.39. The minimum Gasteiger partial charge on any atom is -0.101 e. The fourth-order valence-electron chi connectivity index (χ4n) is 6.01. The predicted molar refractivity (Wildman–Crippen MR) is 177 cm³/mol. The van der Waals surface area contributed by atoms with Crippen molar-refractivity contribution in [3.8, 4) is 35.5 Å². The molecule has 0 saturated heterocycles. The smallest absolute Gasteiger partial charge is 0.0357 e. The Morgan fingerprint density at radius 2 is 1.52 bits per heavy atom. The summed E-state index contributed by atoms with van der Waals surface area (Å²) in [5, 5.41) is 0. The van der Waals surface area contributed by atoms with Crippen molar-refractivity contribution in [3.63, 3.8) is 0 Å². The summed E-state index contributed by atoms with van der Waals surface area (Å²) in [6, 6.07) is 0. The van der Waals surface area contributed by atoms with Gasteiger partial charge >= 0.3 is 0 Å². The summed E-state index contributed by atoms with van der Waals surface area (Å²) < 4.78 is 0. The van der Waals surface area contributed by atoms with Crippen LogP contribution in [0.2, 0.25) is 0 Å². The van der Waals surface area contributed by atoms with Gasteiger partial charge in [-0.2, -0.15) is 0 Å². The van der Waals surface area contributed by atoms with Crippen molar-refractivity contribution in [2.24, 2.45) is 22.7 Å². The van der Waals surface area contributed by atoms with Crippen molar-refractivity contribution in [3.05, 3.63) is 57.7 Å². The highest BCUT2D eigenvalue weighted by Gasteiger charge is 2.27. The van der Waals surface area contributed by atoms with Gasteiger partial charge in [-0.05, 0) is 102 Å². The first-order chi connectivity index (χ1) is 18.8. The number of rotatable bonds is 7. The van der Waals surface area contributed by atoms with Gasteiger partial charge in [0.05, 0.1) is 0 Å². The Morgan fingerprint density at radius 3 is 2.20 bits per heavy atom. The Kier molecular flexibility index (Phi) is 13.4. The van der Waals surface area contributed by atoms with Gasteiger partial charge < -0.3 is 0 Å². The fraction of sp³-hybridized carbons (Fsp3) is 0.600. The Bertz CT molecular complexity index is 1210. The van der Waals surface area contributed by atoms with Crippen LogP contribution in [0.1, 0.15) is 133 Å². The van der Waals surface area contributed by atoms with Gasteiger partial charge in [0.25, 0.3) is 0 Å². The maximum Gasteiger partial charge on any atom is 0.0357 e.